The zero-order valence-electron chi connectivity index (χ0n) is 11.7. The molecule has 1 atom stereocenters. The van der Waals surface area contributed by atoms with Crippen LogP contribution >= 0.6 is 11.8 Å². The minimum atomic E-state index is 0.447. The molecule has 0 radical (unpaired) electrons. The number of nitrogens with one attached hydrogen (secondary N) is 1. The smallest absolute Gasteiger partial charge is 0.0549 e. The summed E-state index contributed by atoms with van der Waals surface area (Å²) in [6.45, 7) is 2.32. The molecule has 0 bridgehead atoms. The predicted octanol–water partition coefficient (Wildman–Crippen LogP) is 4.26. The Morgan fingerprint density at radius 2 is 1.50 bits per heavy atom. The Balaban J connectivity index is 1.83. The van der Waals surface area contributed by atoms with E-state index in [1.165, 1.54) is 30.5 Å². The SMILES string of the molecule is c1ccc(C(SC2CCCNC2)c2ccccc2)cc1. The first-order chi connectivity index (χ1) is 9.93. The molecule has 1 aliphatic heterocycles. The highest BCUT2D eigenvalue weighted by atomic mass is 32.2. The van der Waals surface area contributed by atoms with Gasteiger partial charge in [0.15, 0.2) is 0 Å². The third kappa shape index (κ3) is 3.44. The van der Waals surface area contributed by atoms with Crippen molar-refractivity contribution in [2.75, 3.05) is 13.1 Å². The first-order valence-corrected chi connectivity index (χ1v) is 8.34. The minimum Gasteiger partial charge on any atom is -0.316 e. The quantitative estimate of drug-likeness (QED) is 0.899. The topological polar surface area (TPSA) is 12.0 Å². The van der Waals surface area contributed by atoms with E-state index in [2.05, 4.69) is 77.7 Å². The molecular weight excluding hydrogens is 262 g/mol. The zero-order valence-corrected chi connectivity index (χ0v) is 12.5. The van der Waals surface area contributed by atoms with Crippen LogP contribution in [0.4, 0.5) is 0 Å². The molecule has 1 nitrogen and oxygen atoms in total. The molecule has 20 heavy (non-hydrogen) atoms. The van der Waals surface area contributed by atoms with Gasteiger partial charge in [-0.2, -0.15) is 0 Å². The second-order valence-corrected chi connectivity index (χ2v) is 6.72. The van der Waals surface area contributed by atoms with Gasteiger partial charge in [0.1, 0.15) is 0 Å². The molecule has 1 heterocycles. The van der Waals surface area contributed by atoms with Crippen molar-refractivity contribution < 1.29 is 0 Å². The molecule has 1 unspecified atom stereocenters. The van der Waals surface area contributed by atoms with Gasteiger partial charge in [0, 0.05) is 11.8 Å². The molecule has 2 heteroatoms. The maximum atomic E-state index is 3.52. The average molecular weight is 283 g/mol. The maximum Gasteiger partial charge on any atom is 0.0549 e. The molecular formula is C18H21NS. The summed E-state index contributed by atoms with van der Waals surface area (Å²) >= 11 is 2.11. The average Bonchev–Trinajstić information content (AvgIpc) is 2.55. The standard InChI is InChI=1S/C18H21NS/c1-3-8-15(9-4-1)18(16-10-5-2-6-11-16)20-17-12-7-13-19-14-17/h1-6,8-11,17-19H,7,12-14H2. The van der Waals surface area contributed by atoms with E-state index in [0.29, 0.717) is 10.5 Å². The van der Waals surface area contributed by atoms with E-state index in [9.17, 15) is 0 Å². The van der Waals surface area contributed by atoms with E-state index < -0.39 is 0 Å². The summed E-state index contributed by atoms with van der Waals surface area (Å²) in [5, 5.41) is 4.69. The molecule has 2 aromatic rings. The first-order valence-electron chi connectivity index (χ1n) is 7.39. The van der Waals surface area contributed by atoms with Crippen LogP contribution in [0.25, 0.3) is 0 Å². The van der Waals surface area contributed by atoms with Crippen LogP contribution in [0.2, 0.25) is 0 Å². The van der Waals surface area contributed by atoms with Crippen molar-refractivity contribution in [3.8, 4) is 0 Å². The number of hydrogen-bond acceptors (Lipinski definition) is 2. The number of piperidine rings is 1. The molecule has 0 spiro atoms. The highest BCUT2D eigenvalue weighted by Gasteiger charge is 2.21. The molecule has 0 amide bonds. The van der Waals surface area contributed by atoms with Crippen molar-refractivity contribution >= 4 is 11.8 Å². The minimum absolute atomic E-state index is 0.447. The van der Waals surface area contributed by atoms with Gasteiger partial charge in [0.25, 0.3) is 0 Å². The molecule has 0 aliphatic carbocycles. The van der Waals surface area contributed by atoms with Crippen LogP contribution in [0.5, 0.6) is 0 Å². The van der Waals surface area contributed by atoms with E-state index >= 15 is 0 Å². The Kier molecular flexibility index (Phi) is 4.77. The summed E-state index contributed by atoms with van der Waals surface area (Å²) in [6, 6.07) is 21.8. The van der Waals surface area contributed by atoms with Crippen LogP contribution in [0.15, 0.2) is 60.7 Å². The van der Waals surface area contributed by atoms with Crippen LogP contribution < -0.4 is 5.32 Å². The third-order valence-electron chi connectivity index (χ3n) is 3.78. The maximum absolute atomic E-state index is 3.52. The fraction of sp³-hybridized carbons (Fsp3) is 0.333. The van der Waals surface area contributed by atoms with Crippen molar-refractivity contribution in [3.63, 3.8) is 0 Å². The Morgan fingerprint density at radius 1 is 0.900 bits per heavy atom. The summed E-state index contributed by atoms with van der Waals surface area (Å²) in [7, 11) is 0. The van der Waals surface area contributed by atoms with Crippen LogP contribution in [0.3, 0.4) is 0 Å². The highest BCUT2D eigenvalue weighted by Crippen LogP contribution is 2.39. The summed E-state index contributed by atoms with van der Waals surface area (Å²) in [4.78, 5) is 0. The lowest BCUT2D eigenvalue weighted by molar-refractivity contribution is 0.531. The van der Waals surface area contributed by atoms with E-state index in [1.807, 2.05) is 0 Å². The van der Waals surface area contributed by atoms with Gasteiger partial charge in [-0.05, 0) is 30.5 Å². The van der Waals surface area contributed by atoms with Crippen molar-refractivity contribution in [1.29, 1.82) is 0 Å². The van der Waals surface area contributed by atoms with Crippen LogP contribution in [-0.4, -0.2) is 18.3 Å². The van der Waals surface area contributed by atoms with Crippen molar-refractivity contribution in [2.24, 2.45) is 0 Å². The Morgan fingerprint density at radius 3 is 2.00 bits per heavy atom. The van der Waals surface area contributed by atoms with Gasteiger partial charge >= 0.3 is 0 Å². The zero-order chi connectivity index (χ0) is 13.6. The van der Waals surface area contributed by atoms with E-state index in [1.54, 1.807) is 0 Å². The van der Waals surface area contributed by atoms with Crippen molar-refractivity contribution in [3.05, 3.63) is 71.8 Å². The Bertz CT molecular complexity index is 466. The molecule has 1 saturated heterocycles. The molecule has 3 rings (SSSR count). The first kappa shape index (κ1) is 13.7. The van der Waals surface area contributed by atoms with Gasteiger partial charge in [-0.3, -0.25) is 0 Å². The predicted molar refractivity (Wildman–Crippen MR) is 88.2 cm³/mol. The number of benzene rings is 2. The van der Waals surface area contributed by atoms with Gasteiger partial charge in [0.2, 0.25) is 0 Å². The highest BCUT2D eigenvalue weighted by molar-refractivity contribution is 8.00. The molecule has 1 fully saturated rings. The van der Waals surface area contributed by atoms with Crippen molar-refractivity contribution in [2.45, 2.75) is 23.3 Å². The largest absolute Gasteiger partial charge is 0.316 e. The second-order valence-electron chi connectivity index (χ2n) is 5.31. The van der Waals surface area contributed by atoms with E-state index in [4.69, 9.17) is 0 Å². The number of hydrogen-bond donors (Lipinski definition) is 1. The Hall–Kier alpha value is -1.25. The molecule has 104 valence electrons. The molecule has 0 saturated carbocycles. The van der Waals surface area contributed by atoms with E-state index in [0.717, 1.165) is 6.54 Å². The van der Waals surface area contributed by atoms with Gasteiger partial charge in [-0.15, -0.1) is 11.8 Å². The second kappa shape index (κ2) is 6.96. The summed E-state index contributed by atoms with van der Waals surface area (Å²) in [5.41, 5.74) is 2.82. The molecule has 1 aliphatic rings. The number of rotatable bonds is 4. The lowest BCUT2D eigenvalue weighted by atomic mass is 10.0. The lowest BCUT2D eigenvalue weighted by Gasteiger charge is -2.27. The lowest BCUT2D eigenvalue weighted by Crippen LogP contribution is -2.32. The Labute approximate surface area is 125 Å². The van der Waals surface area contributed by atoms with Gasteiger partial charge < -0.3 is 5.32 Å². The van der Waals surface area contributed by atoms with E-state index in [-0.39, 0.29) is 0 Å². The normalized spacial score (nSPS) is 19.1. The van der Waals surface area contributed by atoms with Gasteiger partial charge in [0.05, 0.1) is 5.25 Å². The molecule has 2 aromatic carbocycles. The summed E-state index contributed by atoms with van der Waals surface area (Å²) < 4.78 is 0. The van der Waals surface area contributed by atoms with Crippen LogP contribution in [0.1, 0.15) is 29.2 Å². The summed E-state index contributed by atoms with van der Waals surface area (Å²) in [5.74, 6) is 0. The molecule has 0 aromatic heterocycles. The summed E-state index contributed by atoms with van der Waals surface area (Å²) in [6.07, 6.45) is 2.63. The third-order valence-corrected chi connectivity index (χ3v) is 5.39. The number of thioether (sulfide) groups is 1. The molecule has 1 N–H and O–H groups in total. The fourth-order valence-electron chi connectivity index (χ4n) is 2.73. The fourth-order valence-corrected chi connectivity index (χ4v) is 4.26. The monoisotopic (exact) mass is 283 g/mol. The van der Waals surface area contributed by atoms with Crippen LogP contribution in [0, 0.1) is 0 Å². The van der Waals surface area contributed by atoms with Crippen molar-refractivity contribution in [1.82, 2.24) is 5.32 Å². The van der Waals surface area contributed by atoms with Gasteiger partial charge in [-0.1, -0.05) is 60.7 Å². The van der Waals surface area contributed by atoms with Gasteiger partial charge in [-0.25, -0.2) is 0 Å². The van der Waals surface area contributed by atoms with Crippen LogP contribution in [-0.2, 0) is 0 Å².